The zero-order valence-corrected chi connectivity index (χ0v) is 13.0. The van der Waals surface area contributed by atoms with Crippen LogP contribution >= 0.6 is 23.1 Å². The van der Waals surface area contributed by atoms with E-state index in [1.807, 2.05) is 31.4 Å². The summed E-state index contributed by atoms with van der Waals surface area (Å²) in [5, 5.41) is 15.5. The molecule has 2 aromatic rings. The van der Waals surface area contributed by atoms with Crippen LogP contribution in [0.4, 0.5) is 5.69 Å². The fraction of sp³-hybridized carbons (Fsp3) is 0.286. The summed E-state index contributed by atoms with van der Waals surface area (Å²) in [5.74, 6) is -0.0607. The molecule has 0 bridgehead atoms. The first-order valence-electron chi connectivity index (χ1n) is 6.25. The smallest absolute Gasteiger partial charge is 0.338 e. The van der Waals surface area contributed by atoms with Crippen molar-refractivity contribution in [2.24, 2.45) is 0 Å². The van der Waals surface area contributed by atoms with Crippen molar-refractivity contribution in [3.63, 3.8) is 0 Å². The van der Waals surface area contributed by atoms with E-state index < -0.39 is 5.97 Å². The Morgan fingerprint density at radius 3 is 2.90 bits per heavy atom. The summed E-state index contributed by atoms with van der Waals surface area (Å²) in [4.78, 5) is 16.6. The predicted octanol–water partition coefficient (Wildman–Crippen LogP) is 3.87. The molecule has 0 amide bonds. The fourth-order valence-electron chi connectivity index (χ4n) is 1.83. The summed E-state index contributed by atoms with van der Waals surface area (Å²) in [7, 11) is 0. The van der Waals surface area contributed by atoms with Crippen molar-refractivity contribution in [3.05, 3.63) is 39.8 Å². The van der Waals surface area contributed by atoms with Crippen LogP contribution in [0.25, 0.3) is 0 Å². The van der Waals surface area contributed by atoms with Gasteiger partial charge in [0.1, 0.15) is 5.01 Å². The van der Waals surface area contributed by atoms with Crippen LogP contribution in [0.1, 0.15) is 28.0 Å². The summed E-state index contributed by atoms with van der Waals surface area (Å²) >= 11 is 3.11. The highest BCUT2D eigenvalue weighted by molar-refractivity contribution is 7.99. The van der Waals surface area contributed by atoms with Gasteiger partial charge in [-0.2, -0.15) is 0 Å². The third-order valence-electron chi connectivity index (χ3n) is 2.64. The van der Waals surface area contributed by atoms with Gasteiger partial charge in [0.15, 0.2) is 0 Å². The number of nitrogens with zero attached hydrogens (tertiary/aromatic N) is 1. The van der Waals surface area contributed by atoms with E-state index in [0.29, 0.717) is 17.8 Å². The van der Waals surface area contributed by atoms with Crippen molar-refractivity contribution >= 4 is 34.8 Å². The lowest BCUT2D eigenvalue weighted by molar-refractivity contribution is 0.0694. The number of carboxylic acids is 1. The lowest BCUT2D eigenvalue weighted by Crippen LogP contribution is -2.07. The monoisotopic (exact) mass is 308 g/mol. The van der Waals surface area contributed by atoms with E-state index >= 15 is 0 Å². The van der Waals surface area contributed by atoms with Gasteiger partial charge in [-0.3, -0.25) is 0 Å². The van der Waals surface area contributed by atoms with Crippen LogP contribution in [0, 0.1) is 6.92 Å². The number of nitrogens with one attached hydrogen (secondary N) is 1. The number of aryl methyl sites for hydroxylation is 1. The molecule has 0 atom stereocenters. The molecule has 0 aliphatic heterocycles. The molecule has 0 fully saturated rings. The van der Waals surface area contributed by atoms with E-state index in [-0.39, 0.29) is 0 Å². The van der Waals surface area contributed by atoms with Crippen molar-refractivity contribution in [3.8, 4) is 0 Å². The van der Waals surface area contributed by atoms with Crippen molar-refractivity contribution < 1.29 is 9.90 Å². The topological polar surface area (TPSA) is 62.2 Å². The number of aromatic carboxylic acids is 1. The van der Waals surface area contributed by atoms with E-state index in [1.165, 1.54) is 11.8 Å². The van der Waals surface area contributed by atoms with E-state index in [9.17, 15) is 9.90 Å². The number of benzene rings is 1. The Morgan fingerprint density at radius 1 is 1.50 bits per heavy atom. The Labute approximate surface area is 126 Å². The van der Waals surface area contributed by atoms with Gasteiger partial charge >= 0.3 is 5.97 Å². The Hall–Kier alpha value is -1.53. The molecule has 0 saturated carbocycles. The van der Waals surface area contributed by atoms with Crippen LogP contribution in [0.2, 0.25) is 0 Å². The second-order valence-corrected chi connectivity index (χ2v) is 6.40. The summed E-state index contributed by atoms with van der Waals surface area (Å²) in [6, 6.07) is 5.51. The van der Waals surface area contributed by atoms with Gasteiger partial charge < -0.3 is 10.4 Å². The lowest BCUT2D eigenvalue weighted by atomic mass is 10.2. The lowest BCUT2D eigenvalue weighted by Gasteiger charge is -2.12. The van der Waals surface area contributed by atoms with Gasteiger partial charge in [-0.1, -0.05) is 13.0 Å². The molecule has 0 saturated heterocycles. The second kappa shape index (κ2) is 6.76. The summed E-state index contributed by atoms with van der Waals surface area (Å²) in [5.41, 5.74) is 1.97. The minimum Gasteiger partial charge on any atom is -0.478 e. The number of thiazole rings is 1. The van der Waals surface area contributed by atoms with E-state index in [2.05, 4.69) is 10.3 Å². The number of carbonyl (C=O) groups is 1. The number of aromatic nitrogens is 1. The van der Waals surface area contributed by atoms with Crippen molar-refractivity contribution in [2.75, 3.05) is 11.1 Å². The van der Waals surface area contributed by atoms with Crippen LogP contribution in [0.3, 0.4) is 0 Å². The second-order valence-electron chi connectivity index (χ2n) is 4.15. The molecule has 0 radical (unpaired) electrons. The molecule has 2 N–H and O–H groups in total. The molecule has 2 rings (SSSR count). The van der Waals surface area contributed by atoms with Crippen molar-refractivity contribution in [1.82, 2.24) is 4.98 Å². The SMILES string of the molecule is CCSc1cccc(NCc2nc(C)cs2)c1C(=O)O. The van der Waals surface area contributed by atoms with Gasteiger partial charge in [0, 0.05) is 16.0 Å². The normalized spacial score (nSPS) is 10.5. The molecule has 0 spiro atoms. The molecule has 4 nitrogen and oxygen atoms in total. The minimum absolute atomic E-state index is 0.340. The van der Waals surface area contributed by atoms with Crippen molar-refractivity contribution in [2.45, 2.75) is 25.3 Å². The average molecular weight is 308 g/mol. The third kappa shape index (κ3) is 3.52. The quantitative estimate of drug-likeness (QED) is 0.793. The van der Waals surface area contributed by atoms with Gasteiger partial charge in [-0.05, 0) is 24.8 Å². The molecular weight excluding hydrogens is 292 g/mol. The highest BCUT2D eigenvalue weighted by atomic mass is 32.2. The van der Waals surface area contributed by atoms with Crippen LogP contribution in [-0.2, 0) is 6.54 Å². The highest BCUT2D eigenvalue weighted by Crippen LogP contribution is 2.29. The third-order valence-corrected chi connectivity index (χ3v) is 4.54. The molecule has 1 heterocycles. The molecule has 1 aromatic heterocycles. The van der Waals surface area contributed by atoms with Gasteiger partial charge in [0.05, 0.1) is 17.8 Å². The van der Waals surface area contributed by atoms with Crippen LogP contribution in [0.5, 0.6) is 0 Å². The maximum absolute atomic E-state index is 11.5. The average Bonchev–Trinajstić information content (AvgIpc) is 2.82. The first kappa shape index (κ1) is 14.9. The van der Waals surface area contributed by atoms with Gasteiger partial charge in [0.2, 0.25) is 0 Å². The van der Waals surface area contributed by atoms with Crippen molar-refractivity contribution in [1.29, 1.82) is 0 Å². The van der Waals surface area contributed by atoms with Crippen LogP contribution < -0.4 is 5.32 Å². The number of thioether (sulfide) groups is 1. The van der Waals surface area contributed by atoms with Gasteiger partial charge in [-0.25, -0.2) is 9.78 Å². The first-order valence-corrected chi connectivity index (χ1v) is 8.12. The Kier molecular flexibility index (Phi) is 5.03. The number of hydrogen-bond donors (Lipinski definition) is 2. The Morgan fingerprint density at radius 2 is 2.30 bits per heavy atom. The van der Waals surface area contributed by atoms with Gasteiger partial charge in [-0.15, -0.1) is 23.1 Å². The van der Waals surface area contributed by atoms with Crippen LogP contribution in [0.15, 0.2) is 28.5 Å². The first-order chi connectivity index (χ1) is 9.61. The molecule has 0 aliphatic rings. The maximum Gasteiger partial charge on any atom is 0.338 e. The molecular formula is C14H16N2O2S2. The molecule has 0 aliphatic carbocycles. The van der Waals surface area contributed by atoms with E-state index in [1.54, 1.807) is 17.4 Å². The largest absolute Gasteiger partial charge is 0.478 e. The molecule has 106 valence electrons. The molecule has 20 heavy (non-hydrogen) atoms. The summed E-state index contributed by atoms with van der Waals surface area (Å²) in [6.07, 6.45) is 0. The highest BCUT2D eigenvalue weighted by Gasteiger charge is 2.15. The van der Waals surface area contributed by atoms with Gasteiger partial charge in [0.25, 0.3) is 0 Å². The van der Waals surface area contributed by atoms with E-state index in [0.717, 1.165) is 21.3 Å². The summed E-state index contributed by atoms with van der Waals surface area (Å²) in [6.45, 7) is 4.50. The molecule has 1 aromatic carbocycles. The number of hydrogen-bond acceptors (Lipinski definition) is 5. The molecule has 6 heteroatoms. The summed E-state index contributed by atoms with van der Waals surface area (Å²) < 4.78 is 0. The number of carboxylic acid groups (broad SMARTS) is 1. The Bertz CT molecular complexity index is 611. The number of anilines is 1. The predicted molar refractivity (Wildman–Crippen MR) is 84.0 cm³/mol. The number of rotatable bonds is 6. The minimum atomic E-state index is -0.903. The Balaban J connectivity index is 2.22. The fourth-order valence-corrected chi connectivity index (χ4v) is 3.37. The zero-order valence-electron chi connectivity index (χ0n) is 11.3. The van der Waals surface area contributed by atoms with E-state index in [4.69, 9.17) is 0 Å². The zero-order chi connectivity index (χ0) is 14.5. The standard InChI is InChI=1S/C14H16N2O2S2/c1-3-19-11-6-4-5-10(13(11)14(17)18)15-7-12-16-9(2)8-20-12/h4-6,8,15H,3,7H2,1-2H3,(H,17,18). The maximum atomic E-state index is 11.5. The van der Waals surface area contributed by atoms with Crippen LogP contribution in [-0.4, -0.2) is 21.8 Å². The molecule has 0 unspecified atom stereocenters.